The summed E-state index contributed by atoms with van der Waals surface area (Å²) >= 11 is 0. The van der Waals surface area contributed by atoms with Crippen molar-refractivity contribution < 1.29 is 34.8 Å². The van der Waals surface area contributed by atoms with Crippen LogP contribution in [0.15, 0.2) is 24.3 Å². The van der Waals surface area contributed by atoms with Crippen LogP contribution in [0, 0.1) is 0 Å². The van der Waals surface area contributed by atoms with Crippen LogP contribution in [-0.2, 0) is 14.4 Å². The minimum absolute atomic E-state index is 0. The molecule has 0 bridgehead atoms. The summed E-state index contributed by atoms with van der Waals surface area (Å²) in [5.74, 6) is -5.02. The molecular formula is C12H14N3NaO7. The molecule has 11 heteroatoms. The van der Waals surface area contributed by atoms with Crippen molar-refractivity contribution in [3.8, 4) is 0 Å². The number of H-pyrrole nitrogens is 1. The van der Waals surface area contributed by atoms with E-state index in [0.29, 0.717) is 0 Å². The number of para-hydroxylation sites is 1. The van der Waals surface area contributed by atoms with Crippen LogP contribution in [0.25, 0.3) is 11.0 Å². The zero-order valence-electron chi connectivity index (χ0n) is 11.1. The van der Waals surface area contributed by atoms with Gasteiger partial charge in [-0.2, -0.15) is 0 Å². The normalized spacial score (nSPS) is 10.1. The van der Waals surface area contributed by atoms with Crippen molar-refractivity contribution in [2.24, 2.45) is 0 Å². The number of benzene rings is 1. The maximum atomic E-state index is 10.3. The predicted octanol–water partition coefficient (Wildman–Crippen LogP) is -0.939. The Morgan fingerprint density at radius 2 is 1.57 bits per heavy atom. The molecule has 2 rings (SSSR count). The van der Waals surface area contributed by atoms with Crippen LogP contribution in [0.3, 0.4) is 0 Å². The van der Waals surface area contributed by atoms with Gasteiger partial charge >= 0.3 is 47.5 Å². The van der Waals surface area contributed by atoms with Crippen LogP contribution >= 0.6 is 0 Å². The Balaban J connectivity index is 0.000000421. The van der Waals surface area contributed by atoms with E-state index in [-0.39, 0.29) is 29.6 Å². The summed E-state index contributed by atoms with van der Waals surface area (Å²) in [7, 11) is 0. The molecule has 10 nitrogen and oxygen atoms in total. The summed E-state index contributed by atoms with van der Waals surface area (Å²) in [6.07, 6.45) is -2.29. The molecule has 0 spiro atoms. The molecule has 0 aliphatic rings. The smallest absolute Gasteiger partial charge is 0.112 e. The number of aliphatic hydroxyl groups is 1. The SMILES string of the molecule is O=C(O)CC(O)(CC(=O)O)C(=O)O.[NaH].c1ccc2[nH]nnc2c1. The van der Waals surface area contributed by atoms with E-state index in [1.807, 2.05) is 24.3 Å². The zero-order valence-corrected chi connectivity index (χ0v) is 11.1. The topological polar surface area (TPSA) is 174 Å². The molecule has 2 aromatic rings. The molecule has 120 valence electrons. The fourth-order valence-corrected chi connectivity index (χ4v) is 1.50. The molecule has 5 N–H and O–H groups in total. The summed E-state index contributed by atoms with van der Waals surface area (Å²) < 4.78 is 0. The number of fused-ring (bicyclic) bond motifs is 1. The summed E-state index contributed by atoms with van der Waals surface area (Å²) in [6.45, 7) is 0. The molecule has 0 aliphatic carbocycles. The number of aromatic nitrogens is 3. The van der Waals surface area contributed by atoms with Crippen LogP contribution in [0.2, 0.25) is 0 Å². The maximum absolute atomic E-state index is 10.3. The van der Waals surface area contributed by atoms with E-state index in [1.165, 1.54) is 0 Å². The van der Waals surface area contributed by atoms with E-state index in [4.69, 9.17) is 20.4 Å². The number of hydrogen-bond acceptors (Lipinski definition) is 6. The first-order valence-electron chi connectivity index (χ1n) is 5.90. The second-order valence-electron chi connectivity index (χ2n) is 4.31. The Bertz CT molecular complexity index is 642. The molecule has 0 fully saturated rings. The maximum Gasteiger partial charge on any atom is 0.112 e. The van der Waals surface area contributed by atoms with Crippen LogP contribution in [0.5, 0.6) is 0 Å². The molecule has 0 unspecified atom stereocenters. The minimum Gasteiger partial charge on any atom is -0.258 e. The Labute approximate surface area is 151 Å². The largest absolute Gasteiger partial charge is 0.258 e. The number of carboxylic acid groups (broad SMARTS) is 3. The van der Waals surface area contributed by atoms with E-state index in [1.54, 1.807) is 0 Å². The summed E-state index contributed by atoms with van der Waals surface area (Å²) in [6, 6.07) is 7.74. The molecule has 0 saturated heterocycles. The molecule has 1 aromatic heterocycles. The second kappa shape index (κ2) is 9.20. The van der Waals surface area contributed by atoms with E-state index in [2.05, 4.69) is 15.4 Å². The monoisotopic (exact) mass is 335 g/mol. The predicted molar refractivity (Wildman–Crippen MR) is 78.1 cm³/mol. The minimum atomic E-state index is -2.74. The number of carbonyl (C=O) groups is 3. The Morgan fingerprint density at radius 1 is 1.04 bits per heavy atom. The van der Waals surface area contributed by atoms with Gasteiger partial charge in [0.1, 0.15) is 5.52 Å². The number of rotatable bonds is 5. The summed E-state index contributed by atoms with van der Waals surface area (Å²) in [4.78, 5) is 30.5. The molecule has 0 amide bonds. The third kappa shape index (κ3) is 6.74. The third-order valence-corrected chi connectivity index (χ3v) is 2.52. The first-order valence-corrected chi connectivity index (χ1v) is 5.90. The average Bonchev–Trinajstić information content (AvgIpc) is 2.85. The van der Waals surface area contributed by atoms with Gasteiger partial charge in [-0.25, -0.2) is 4.79 Å². The van der Waals surface area contributed by atoms with E-state index >= 15 is 0 Å². The van der Waals surface area contributed by atoms with Gasteiger partial charge in [0.25, 0.3) is 0 Å². The summed E-state index contributed by atoms with van der Waals surface area (Å²) in [5.41, 5.74) is -0.840. The van der Waals surface area contributed by atoms with Gasteiger partial charge in [-0.15, -0.1) is 5.10 Å². The van der Waals surface area contributed by atoms with Gasteiger partial charge in [0.15, 0.2) is 5.60 Å². The fourth-order valence-electron chi connectivity index (χ4n) is 1.50. The Kier molecular flexibility index (Phi) is 8.40. The van der Waals surface area contributed by atoms with Gasteiger partial charge in [0, 0.05) is 0 Å². The number of carboxylic acids is 3. The second-order valence-corrected chi connectivity index (χ2v) is 4.31. The van der Waals surface area contributed by atoms with Crippen LogP contribution < -0.4 is 0 Å². The number of hydrogen-bond donors (Lipinski definition) is 5. The first-order chi connectivity index (χ1) is 10.2. The van der Waals surface area contributed by atoms with Gasteiger partial charge < -0.3 is 20.4 Å². The van der Waals surface area contributed by atoms with Crippen molar-refractivity contribution in [2.45, 2.75) is 18.4 Å². The Morgan fingerprint density at radius 3 is 2.00 bits per heavy atom. The van der Waals surface area contributed by atoms with Crippen molar-refractivity contribution >= 4 is 58.5 Å². The first kappa shape index (κ1) is 21.0. The van der Waals surface area contributed by atoms with Crippen LogP contribution in [-0.4, -0.2) is 88.9 Å². The average molecular weight is 335 g/mol. The molecule has 0 saturated carbocycles. The fraction of sp³-hybridized carbons (Fsp3) is 0.250. The zero-order chi connectivity index (χ0) is 16.8. The number of nitrogens with one attached hydrogen (secondary N) is 1. The molecular weight excluding hydrogens is 321 g/mol. The molecule has 0 atom stereocenters. The van der Waals surface area contributed by atoms with E-state index < -0.39 is 36.4 Å². The third-order valence-electron chi connectivity index (χ3n) is 2.52. The molecule has 1 heterocycles. The van der Waals surface area contributed by atoms with Gasteiger partial charge in [-0.1, -0.05) is 17.3 Å². The van der Waals surface area contributed by atoms with Crippen molar-refractivity contribution in [3.05, 3.63) is 24.3 Å². The molecule has 23 heavy (non-hydrogen) atoms. The van der Waals surface area contributed by atoms with Gasteiger partial charge in [-0.05, 0) is 12.1 Å². The standard InChI is InChI=1S/C6H5N3.C6H8O7.Na.H/c1-2-4-6-5(3-1)7-9-8-6;7-3(8)1-6(13,5(11)12)2-4(9)10;;/h1-4H,(H,7,8,9);13H,1-2H2,(H,7,8)(H,9,10)(H,11,12);;. The van der Waals surface area contributed by atoms with Gasteiger partial charge in [-0.3, -0.25) is 14.7 Å². The molecule has 0 radical (unpaired) electrons. The number of aliphatic carboxylic acids is 3. The van der Waals surface area contributed by atoms with Gasteiger partial charge in [0.2, 0.25) is 0 Å². The van der Waals surface area contributed by atoms with Crippen molar-refractivity contribution in [2.75, 3.05) is 0 Å². The Hall–Kier alpha value is -2.01. The number of nitrogens with zero attached hydrogens (tertiary/aromatic N) is 2. The number of aromatic amines is 1. The van der Waals surface area contributed by atoms with Crippen molar-refractivity contribution in [3.63, 3.8) is 0 Å². The van der Waals surface area contributed by atoms with Gasteiger partial charge in [0.05, 0.1) is 18.4 Å². The van der Waals surface area contributed by atoms with E-state index in [0.717, 1.165) is 11.0 Å². The van der Waals surface area contributed by atoms with E-state index in [9.17, 15) is 14.4 Å². The molecule has 0 aliphatic heterocycles. The summed E-state index contributed by atoms with van der Waals surface area (Å²) in [5, 5.41) is 44.0. The van der Waals surface area contributed by atoms with Crippen molar-refractivity contribution in [1.29, 1.82) is 0 Å². The van der Waals surface area contributed by atoms with Crippen molar-refractivity contribution in [1.82, 2.24) is 15.4 Å². The quantitative estimate of drug-likeness (QED) is 0.432. The molecule has 1 aromatic carbocycles. The van der Waals surface area contributed by atoms with Crippen LogP contribution in [0.4, 0.5) is 0 Å². The van der Waals surface area contributed by atoms with Crippen LogP contribution in [0.1, 0.15) is 12.8 Å².